The molecule has 0 unspecified atom stereocenters. The highest BCUT2D eigenvalue weighted by Gasteiger charge is 2.25. The molecule has 0 saturated carbocycles. The lowest BCUT2D eigenvalue weighted by atomic mass is 10.1. The van der Waals surface area contributed by atoms with Gasteiger partial charge < -0.3 is 20.8 Å². The van der Waals surface area contributed by atoms with Gasteiger partial charge in [-0.1, -0.05) is 18.2 Å². The summed E-state index contributed by atoms with van der Waals surface area (Å²) in [6.07, 6.45) is 0. The largest absolute Gasteiger partial charge is 0.507 e. The van der Waals surface area contributed by atoms with E-state index in [9.17, 15) is 42.6 Å². The molecule has 6 aromatic rings. The molecule has 248 valence electrons. The van der Waals surface area contributed by atoms with Crippen LogP contribution in [-0.4, -0.2) is 29.8 Å². The van der Waals surface area contributed by atoms with Crippen LogP contribution in [0.25, 0.3) is 22.3 Å². The highest BCUT2D eigenvalue weighted by molar-refractivity contribution is 14.1. The van der Waals surface area contributed by atoms with Crippen molar-refractivity contribution in [3.63, 3.8) is 0 Å². The number of nitrogens with one attached hydrogen (secondary N) is 2. The van der Waals surface area contributed by atoms with E-state index in [1.54, 1.807) is 6.07 Å². The molecule has 0 aliphatic carbocycles. The van der Waals surface area contributed by atoms with Gasteiger partial charge in [0.1, 0.15) is 22.8 Å². The molecular formula is C34H23F3IN5O6. The van der Waals surface area contributed by atoms with Gasteiger partial charge in [0, 0.05) is 23.9 Å². The summed E-state index contributed by atoms with van der Waals surface area (Å²) in [5, 5.41) is 25.0. The number of aryl methyl sites for hydroxylation is 1. The number of aromatic hydroxyl groups is 2. The first-order valence-corrected chi connectivity index (χ1v) is 15.4. The van der Waals surface area contributed by atoms with E-state index in [-0.39, 0.29) is 50.8 Å². The second kappa shape index (κ2) is 12.6. The molecule has 0 spiro atoms. The van der Waals surface area contributed by atoms with Gasteiger partial charge in [0.2, 0.25) is 0 Å². The Morgan fingerprint density at radius 1 is 0.796 bits per heavy atom. The number of phenols is 2. The van der Waals surface area contributed by atoms with Crippen molar-refractivity contribution in [2.75, 3.05) is 10.6 Å². The molecular weight excluding hydrogens is 758 g/mol. The van der Waals surface area contributed by atoms with Crippen molar-refractivity contribution in [2.24, 2.45) is 7.05 Å². The van der Waals surface area contributed by atoms with Crippen molar-refractivity contribution < 1.29 is 28.2 Å². The van der Waals surface area contributed by atoms with Gasteiger partial charge in [-0.2, -0.15) is 4.39 Å². The maximum absolute atomic E-state index is 14.9. The molecule has 2 aromatic heterocycles. The van der Waals surface area contributed by atoms with Crippen LogP contribution in [0.15, 0.2) is 93.2 Å². The van der Waals surface area contributed by atoms with E-state index in [4.69, 9.17) is 0 Å². The minimum Gasteiger partial charge on any atom is -0.507 e. The summed E-state index contributed by atoms with van der Waals surface area (Å²) >= 11 is 1.83. The summed E-state index contributed by atoms with van der Waals surface area (Å²) in [7, 11) is 1.38. The fraction of sp³-hybridized carbons (Fsp3) is 0.0588. The number of phenolic OH excluding ortho intramolecular Hbond substituents is 2. The topological polar surface area (TPSA) is 148 Å². The van der Waals surface area contributed by atoms with Crippen LogP contribution in [0.4, 0.5) is 30.4 Å². The van der Waals surface area contributed by atoms with Crippen molar-refractivity contribution in [3.8, 4) is 22.9 Å². The lowest BCUT2D eigenvalue weighted by molar-refractivity contribution is 0.102. The zero-order chi connectivity index (χ0) is 35.3. The molecule has 15 heteroatoms. The van der Waals surface area contributed by atoms with Crippen LogP contribution in [0.1, 0.15) is 15.9 Å². The number of para-hydroxylation sites is 1. The molecule has 0 bridgehead atoms. The fourth-order valence-corrected chi connectivity index (χ4v) is 5.87. The number of amides is 1. The maximum atomic E-state index is 14.9. The number of benzene rings is 4. The van der Waals surface area contributed by atoms with E-state index >= 15 is 0 Å². The molecule has 0 fully saturated rings. The van der Waals surface area contributed by atoms with Crippen LogP contribution in [0.5, 0.6) is 11.5 Å². The van der Waals surface area contributed by atoms with Crippen molar-refractivity contribution in [2.45, 2.75) is 6.92 Å². The van der Waals surface area contributed by atoms with Gasteiger partial charge in [-0.3, -0.25) is 23.5 Å². The first-order valence-electron chi connectivity index (χ1n) is 14.3. The van der Waals surface area contributed by atoms with E-state index in [0.29, 0.717) is 9.64 Å². The molecule has 0 saturated heterocycles. The summed E-state index contributed by atoms with van der Waals surface area (Å²) in [4.78, 5) is 55.4. The normalized spacial score (nSPS) is 11.1. The van der Waals surface area contributed by atoms with Crippen LogP contribution in [0.3, 0.4) is 0 Å². The van der Waals surface area contributed by atoms with E-state index in [2.05, 4.69) is 10.6 Å². The number of carbonyl (C=O) groups is 1. The Labute approximate surface area is 287 Å². The van der Waals surface area contributed by atoms with Gasteiger partial charge in [-0.15, -0.1) is 0 Å². The lowest BCUT2D eigenvalue weighted by Crippen LogP contribution is -2.40. The number of halogens is 4. The second-order valence-corrected chi connectivity index (χ2v) is 12.0. The zero-order valence-corrected chi connectivity index (χ0v) is 27.5. The third-order valence-corrected chi connectivity index (χ3v) is 8.63. The number of hydrogen-bond donors (Lipinski definition) is 4. The molecule has 0 aliphatic rings. The molecule has 0 aliphatic heterocycles. The van der Waals surface area contributed by atoms with Crippen LogP contribution < -0.4 is 27.4 Å². The Kier molecular flexibility index (Phi) is 8.53. The molecule has 49 heavy (non-hydrogen) atoms. The Balaban J connectivity index is 1.65. The van der Waals surface area contributed by atoms with Crippen molar-refractivity contribution in [1.29, 1.82) is 0 Å². The quantitative estimate of drug-likeness (QED) is 0.162. The SMILES string of the molecule is Cc1c(=O)n(C)c(Nc2ccccc2F)c2c(=O)n(-c3ccc(O)c(I)c3)c(=O)n(-c3cccc(NC(=O)c4cc(O)c(F)c(F)c4)c3)c12. The first-order chi connectivity index (χ1) is 23.3. The van der Waals surface area contributed by atoms with Crippen LogP contribution >= 0.6 is 22.6 Å². The van der Waals surface area contributed by atoms with E-state index < -0.39 is 51.5 Å². The van der Waals surface area contributed by atoms with E-state index in [1.807, 2.05) is 22.6 Å². The van der Waals surface area contributed by atoms with Crippen molar-refractivity contribution in [1.82, 2.24) is 13.7 Å². The molecule has 0 radical (unpaired) electrons. The summed E-state index contributed by atoms with van der Waals surface area (Å²) < 4.78 is 45.7. The Hall–Kier alpha value is -5.84. The predicted molar refractivity (Wildman–Crippen MR) is 185 cm³/mol. The smallest absolute Gasteiger partial charge is 0.340 e. The van der Waals surface area contributed by atoms with Crippen LogP contribution in [0.2, 0.25) is 0 Å². The summed E-state index contributed by atoms with van der Waals surface area (Å²) in [5.74, 6) is -5.86. The molecule has 11 nitrogen and oxygen atoms in total. The van der Waals surface area contributed by atoms with Crippen LogP contribution in [0, 0.1) is 27.9 Å². The third-order valence-electron chi connectivity index (χ3n) is 7.76. The molecule has 2 heterocycles. The van der Waals surface area contributed by atoms with Gasteiger partial charge in [0.25, 0.3) is 17.0 Å². The maximum Gasteiger partial charge on any atom is 0.340 e. The summed E-state index contributed by atoms with van der Waals surface area (Å²) in [5.41, 5.74) is -2.79. The minimum atomic E-state index is -1.52. The van der Waals surface area contributed by atoms with Gasteiger partial charge in [0.05, 0.1) is 26.1 Å². The van der Waals surface area contributed by atoms with Crippen LogP contribution in [-0.2, 0) is 7.05 Å². The molecule has 6 rings (SSSR count). The second-order valence-electron chi connectivity index (χ2n) is 10.9. The highest BCUT2D eigenvalue weighted by Crippen LogP contribution is 2.29. The number of carbonyl (C=O) groups excluding carboxylic acids is 1. The fourth-order valence-electron chi connectivity index (χ4n) is 5.37. The number of hydrogen-bond acceptors (Lipinski definition) is 7. The molecule has 0 atom stereocenters. The van der Waals surface area contributed by atoms with Gasteiger partial charge in [0.15, 0.2) is 17.4 Å². The van der Waals surface area contributed by atoms with Crippen molar-refractivity contribution in [3.05, 3.63) is 142 Å². The highest BCUT2D eigenvalue weighted by atomic mass is 127. The summed E-state index contributed by atoms with van der Waals surface area (Å²) in [6, 6.07) is 16.7. The third kappa shape index (κ3) is 5.81. The zero-order valence-electron chi connectivity index (χ0n) is 25.4. The lowest BCUT2D eigenvalue weighted by Gasteiger charge is -2.21. The summed E-state index contributed by atoms with van der Waals surface area (Å²) in [6.45, 7) is 1.42. The Morgan fingerprint density at radius 3 is 2.20 bits per heavy atom. The number of fused-ring (bicyclic) bond motifs is 1. The number of nitrogens with zero attached hydrogens (tertiary/aromatic N) is 3. The number of pyridine rings is 1. The molecule has 4 N–H and O–H groups in total. The number of anilines is 3. The van der Waals surface area contributed by atoms with Gasteiger partial charge in [-0.25, -0.2) is 18.1 Å². The Bertz CT molecular complexity index is 2520. The standard InChI is InChI=1S/C34H23F3IN5O6/c1-16-29-27(30(41(2)32(16)47)40-24-9-4-3-8-21(24)35)33(48)43(20-10-11-25(44)23(38)15-20)34(49)42(29)19-7-5-6-18(14-19)39-31(46)17-12-22(36)28(37)26(45)13-17/h3-15,40,44-45H,1-2H3,(H,39,46). The average molecular weight is 781 g/mol. The Morgan fingerprint density at radius 2 is 1.51 bits per heavy atom. The molecule has 1 amide bonds. The number of aromatic nitrogens is 3. The number of rotatable bonds is 6. The van der Waals surface area contributed by atoms with Crippen molar-refractivity contribution >= 4 is 56.6 Å². The predicted octanol–water partition coefficient (Wildman–Crippen LogP) is 5.58. The van der Waals surface area contributed by atoms with E-state index in [0.717, 1.165) is 19.8 Å². The van der Waals surface area contributed by atoms with Gasteiger partial charge >= 0.3 is 5.69 Å². The van der Waals surface area contributed by atoms with E-state index in [1.165, 1.54) is 74.6 Å². The minimum absolute atomic E-state index is 0.00933. The first kappa shape index (κ1) is 33.1. The molecule has 4 aromatic carbocycles. The average Bonchev–Trinajstić information content (AvgIpc) is 3.07. The van der Waals surface area contributed by atoms with Gasteiger partial charge in [-0.05, 0) is 90.2 Å². The monoisotopic (exact) mass is 781 g/mol.